The first kappa shape index (κ1) is 29.0. The molecule has 5 nitrogen and oxygen atoms in total. The van der Waals surface area contributed by atoms with Gasteiger partial charge in [-0.3, -0.25) is 0 Å². The molecular weight excluding hydrogens is 511 g/mol. The van der Waals surface area contributed by atoms with Gasteiger partial charge in [0.1, 0.15) is 0 Å². The SMILES string of the molecule is CCC[CH2][Sn](/[CH]=C/[C@@](C)(O)[C@@H](O)COC(=O)c1ccc(OC)cc1)([CH2]CCC)[CH2]CCC. The molecule has 0 bridgehead atoms. The van der Waals surface area contributed by atoms with Gasteiger partial charge < -0.3 is 0 Å². The van der Waals surface area contributed by atoms with Crippen LogP contribution in [0.3, 0.4) is 0 Å². The van der Waals surface area contributed by atoms with Gasteiger partial charge in [-0.2, -0.15) is 0 Å². The minimum absolute atomic E-state index is 0.260. The van der Waals surface area contributed by atoms with Crippen LogP contribution in [0.4, 0.5) is 0 Å². The summed E-state index contributed by atoms with van der Waals surface area (Å²) in [5.41, 5.74) is -1.06. The molecule has 0 amide bonds. The molecule has 0 unspecified atom stereocenters. The first-order chi connectivity index (χ1) is 15.2. The van der Waals surface area contributed by atoms with Gasteiger partial charge in [0.25, 0.3) is 0 Å². The summed E-state index contributed by atoms with van der Waals surface area (Å²) in [6, 6.07) is 6.59. The summed E-state index contributed by atoms with van der Waals surface area (Å²) in [6.07, 6.45) is 7.89. The molecule has 0 saturated heterocycles. The molecule has 0 fully saturated rings. The molecule has 1 rings (SSSR count). The summed E-state index contributed by atoms with van der Waals surface area (Å²) in [4.78, 5) is 12.3. The molecule has 0 radical (unpaired) electrons. The van der Waals surface area contributed by atoms with Crippen LogP contribution in [0.15, 0.2) is 34.4 Å². The summed E-state index contributed by atoms with van der Waals surface area (Å²) >= 11 is -2.58. The van der Waals surface area contributed by atoms with Crippen molar-refractivity contribution in [3.05, 3.63) is 40.0 Å². The number of esters is 1. The fourth-order valence-corrected chi connectivity index (χ4v) is 18.4. The number of hydrogen-bond acceptors (Lipinski definition) is 5. The molecule has 0 spiro atoms. The summed E-state index contributed by atoms with van der Waals surface area (Å²) in [7, 11) is 1.56. The number of rotatable bonds is 16. The summed E-state index contributed by atoms with van der Waals surface area (Å²) < 4.78 is 16.6. The Balaban J connectivity index is 2.85. The van der Waals surface area contributed by atoms with Gasteiger partial charge in [-0.05, 0) is 0 Å². The van der Waals surface area contributed by atoms with E-state index in [0.29, 0.717) is 11.3 Å². The number of hydrogen-bond donors (Lipinski definition) is 2. The van der Waals surface area contributed by atoms with E-state index in [1.807, 2.05) is 6.08 Å². The van der Waals surface area contributed by atoms with Crippen molar-refractivity contribution in [2.45, 2.75) is 91.2 Å². The van der Waals surface area contributed by atoms with E-state index in [1.54, 1.807) is 38.3 Å². The van der Waals surface area contributed by atoms with Gasteiger partial charge >= 0.3 is 192 Å². The van der Waals surface area contributed by atoms with Crippen LogP contribution in [0.1, 0.15) is 76.6 Å². The van der Waals surface area contributed by atoms with E-state index in [-0.39, 0.29) is 6.61 Å². The average Bonchev–Trinajstić information content (AvgIpc) is 2.81. The fraction of sp³-hybridized carbons (Fsp3) is 0.654. The van der Waals surface area contributed by atoms with E-state index in [9.17, 15) is 15.0 Å². The Bertz CT molecular complexity index is 662. The molecule has 2 N–H and O–H groups in total. The van der Waals surface area contributed by atoms with Gasteiger partial charge in [0.2, 0.25) is 0 Å². The Morgan fingerprint density at radius 2 is 1.53 bits per heavy atom. The van der Waals surface area contributed by atoms with Crippen LogP contribution in [0.25, 0.3) is 0 Å². The second kappa shape index (κ2) is 15.0. The second-order valence-corrected chi connectivity index (χ2v) is 22.1. The van der Waals surface area contributed by atoms with Crippen molar-refractivity contribution in [3.63, 3.8) is 0 Å². The molecule has 1 aromatic rings. The quantitative estimate of drug-likeness (QED) is 0.196. The second-order valence-electron chi connectivity index (χ2n) is 9.07. The Morgan fingerprint density at radius 1 is 1.03 bits per heavy atom. The third kappa shape index (κ3) is 9.84. The molecule has 32 heavy (non-hydrogen) atoms. The van der Waals surface area contributed by atoms with Crippen LogP contribution in [-0.2, 0) is 4.74 Å². The number of benzene rings is 1. The van der Waals surface area contributed by atoms with Crippen LogP contribution < -0.4 is 4.74 Å². The van der Waals surface area contributed by atoms with Crippen LogP contribution in [0, 0.1) is 0 Å². The topological polar surface area (TPSA) is 76.0 Å². The molecule has 0 saturated carbocycles. The predicted molar refractivity (Wildman–Crippen MR) is 134 cm³/mol. The van der Waals surface area contributed by atoms with Crippen molar-refractivity contribution in [1.29, 1.82) is 0 Å². The number of ether oxygens (including phenoxy) is 2. The van der Waals surface area contributed by atoms with Gasteiger partial charge in [-0.1, -0.05) is 0 Å². The molecule has 2 atom stereocenters. The zero-order chi connectivity index (χ0) is 24.0. The Kier molecular flexibility index (Phi) is 13.6. The summed E-state index contributed by atoms with van der Waals surface area (Å²) in [6.45, 7) is 8.04. The molecule has 0 aliphatic rings. The van der Waals surface area contributed by atoms with Gasteiger partial charge in [-0.25, -0.2) is 0 Å². The first-order valence-electron chi connectivity index (χ1n) is 12.2. The van der Waals surface area contributed by atoms with Crippen LogP contribution in [-0.4, -0.2) is 60.0 Å². The van der Waals surface area contributed by atoms with Crippen molar-refractivity contribution in [1.82, 2.24) is 0 Å². The number of aliphatic hydroxyl groups excluding tert-OH is 1. The molecule has 6 heteroatoms. The van der Waals surface area contributed by atoms with Crippen LogP contribution >= 0.6 is 0 Å². The van der Waals surface area contributed by atoms with Crippen LogP contribution in [0.2, 0.25) is 13.3 Å². The maximum absolute atomic E-state index is 12.3. The van der Waals surface area contributed by atoms with Crippen molar-refractivity contribution >= 4 is 24.3 Å². The number of methoxy groups -OCH3 is 1. The monoisotopic (exact) mass is 556 g/mol. The van der Waals surface area contributed by atoms with E-state index in [1.165, 1.54) is 51.8 Å². The fourth-order valence-electron chi connectivity index (χ4n) is 3.80. The molecule has 0 heterocycles. The van der Waals surface area contributed by atoms with Gasteiger partial charge in [-0.15, -0.1) is 0 Å². The van der Waals surface area contributed by atoms with E-state index >= 15 is 0 Å². The third-order valence-corrected chi connectivity index (χ3v) is 20.3. The molecule has 0 aliphatic carbocycles. The van der Waals surface area contributed by atoms with E-state index < -0.39 is 36.1 Å². The van der Waals surface area contributed by atoms with E-state index in [2.05, 4.69) is 24.9 Å². The van der Waals surface area contributed by atoms with Crippen LogP contribution in [0.5, 0.6) is 5.75 Å². The van der Waals surface area contributed by atoms with Crippen molar-refractivity contribution in [2.75, 3.05) is 13.7 Å². The predicted octanol–water partition coefficient (Wildman–Crippen LogP) is 5.91. The van der Waals surface area contributed by atoms with E-state index in [4.69, 9.17) is 9.47 Å². The van der Waals surface area contributed by atoms with Crippen molar-refractivity contribution < 1.29 is 24.5 Å². The molecule has 182 valence electrons. The molecule has 0 aromatic heterocycles. The van der Waals surface area contributed by atoms with E-state index in [0.717, 1.165) is 0 Å². The molecule has 0 aliphatic heterocycles. The number of unbranched alkanes of at least 4 members (excludes halogenated alkanes) is 3. The molecular formula is C26H44O5Sn. The van der Waals surface area contributed by atoms with Crippen molar-refractivity contribution in [3.8, 4) is 5.75 Å². The summed E-state index contributed by atoms with van der Waals surface area (Å²) in [5.74, 6) is 0.118. The zero-order valence-corrected chi connectivity index (χ0v) is 23.6. The van der Waals surface area contributed by atoms with Gasteiger partial charge in [0, 0.05) is 0 Å². The minimum atomic E-state index is -2.58. The zero-order valence-electron chi connectivity index (χ0n) is 20.7. The third-order valence-electron chi connectivity index (χ3n) is 6.23. The van der Waals surface area contributed by atoms with Gasteiger partial charge in [0.05, 0.1) is 7.11 Å². The summed E-state index contributed by atoms with van der Waals surface area (Å²) in [5, 5.41) is 21.6. The Morgan fingerprint density at radius 3 is 1.97 bits per heavy atom. The number of carbonyl (C=O) groups excluding carboxylic acids is 1. The normalized spacial score (nSPS) is 14.8. The average molecular weight is 555 g/mol. The Hall–Kier alpha value is -1.05. The van der Waals surface area contributed by atoms with Crippen molar-refractivity contribution in [2.24, 2.45) is 0 Å². The van der Waals surface area contributed by atoms with Gasteiger partial charge in [0.15, 0.2) is 0 Å². The number of aliphatic hydroxyl groups is 2. The first-order valence-corrected chi connectivity index (χ1v) is 19.9. The number of carbonyl (C=O) groups is 1. The molecule has 1 aromatic carbocycles. The Labute approximate surface area is 199 Å². The maximum atomic E-state index is 12.3. The standard InChI is InChI=1S/C14H17O5.3C4H9.Sn/c1-4-14(2,17)12(15)9-19-13(16)10-5-7-11(18-3)8-6-10;3*1-3-4-2;/h1,4-8,12,15,17H,9H2,2-3H3;3*1,3-4H2,2H3;/t12-,14+;;;;/m0..../s1.